The minimum atomic E-state index is -0.398. The van der Waals surface area contributed by atoms with Gasteiger partial charge in [0, 0.05) is 41.7 Å². The van der Waals surface area contributed by atoms with Crippen LogP contribution in [0.4, 0.5) is 5.69 Å². The van der Waals surface area contributed by atoms with Gasteiger partial charge in [0.1, 0.15) is 0 Å². The SMILES string of the molecule is O=[N+]([O-])c1ccc(CNCC2(CO)CCCCC2)c(Br)c1. The Bertz CT molecular complexity index is 502. The van der Waals surface area contributed by atoms with Gasteiger partial charge in [-0.15, -0.1) is 0 Å². The molecule has 1 saturated carbocycles. The maximum Gasteiger partial charge on any atom is 0.270 e. The van der Waals surface area contributed by atoms with E-state index in [0.717, 1.165) is 29.4 Å². The Morgan fingerprint density at radius 1 is 1.33 bits per heavy atom. The third-order valence-corrected chi connectivity index (χ3v) is 5.05. The van der Waals surface area contributed by atoms with Crippen molar-refractivity contribution in [1.82, 2.24) is 5.32 Å². The molecule has 2 N–H and O–H groups in total. The van der Waals surface area contributed by atoms with Crippen molar-refractivity contribution in [3.8, 4) is 0 Å². The smallest absolute Gasteiger partial charge is 0.270 e. The normalized spacial score (nSPS) is 17.6. The lowest BCUT2D eigenvalue weighted by Gasteiger charge is -2.35. The molecule has 0 radical (unpaired) electrons. The second-order valence-electron chi connectivity index (χ2n) is 5.86. The van der Waals surface area contributed by atoms with Crippen LogP contribution in [0.25, 0.3) is 0 Å². The van der Waals surface area contributed by atoms with Gasteiger partial charge in [-0.2, -0.15) is 0 Å². The first-order valence-corrected chi connectivity index (χ1v) is 8.10. The van der Waals surface area contributed by atoms with Crippen LogP contribution in [-0.4, -0.2) is 23.2 Å². The molecule has 1 aliphatic carbocycles. The first-order valence-electron chi connectivity index (χ1n) is 7.31. The standard InChI is InChI=1S/C15H21BrN2O3/c16-14-8-13(18(20)21)5-4-12(14)9-17-10-15(11-19)6-2-1-3-7-15/h4-5,8,17,19H,1-3,6-7,9-11H2. The number of rotatable bonds is 6. The van der Waals surface area contributed by atoms with Crippen LogP contribution in [0.15, 0.2) is 22.7 Å². The van der Waals surface area contributed by atoms with Gasteiger partial charge in [0.2, 0.25) is 0 Å². The first kappa shape index (κ1) is 16.4. The number of non-ortho nitro benzene ring substituents is 1. The van der Waals surface area contributed by atoms with Crippen molar-refractivity contribution in [3.63, 3.8) is 0 Å². The van der Waals surface area contributed by atoms with Crippen molar-refractivity contribution < 1.29 is 10.0 Å². The van der Waals surface area contributed by atoms with Crippen LogP contribution >= 0.6 is 15.9 Å². The molecule has 1 aromatic carbocycles. The number of nitro benzene ring substituents is 1. The summed E-state index contributed by atoms with van der Waals surface area (Å²) in [4.78, 5) is 10.3. The number of hydrogen-bond donors (Lipinski definition) is 2. The highest BCUT2D eigenvalue weighted by Gasteiger charge is 2.30. The van der Waals surface area contributed by atoms with E-state index in [-0.39, 0.29) is 17.7 Å². The number of halogens is 1. The predicted molar refractivity (Wildman–Crippen MR) is 85.1 cm³/mol. The van der Waals surface area contributed by atoms with Crippen LogP contribution in [0.2, 0.25) is 0 Å². The number of aliphatic hydroxyl groups excluding tert-OH is 1. The maximum absolute atomic E-state index is 10.7. The lowest BCUT2D eigenvalue weighted by molar-refractivity contribution is -0.384. The van der Waals surface area contributed by atoms with Gasteiger partial charge in [0.05, 0.1) is 4.92 Å². The molecule has 1 aromatic rings. The molecule has 116 valence electrons. The molecule has 1 fully saturated rings. The van der Waals surface area contributed by atoms with E-state index < -0.39 is 4.92 Å². The molecule has 0 aliphatic heterocycles. The molecule has 1 aliphatic rings. The molecule has 0 aromatic heterocycles. The van der Waals surface area contributed by atoms with Gasteiger partial charge in [-0.3, -0.25) is 10.1 Å². The van der Waals surface area contributed by atoms with E-state index in [1.807, 2.05) is 0 Å². The zero-order valence-electron chi connectivity index (χ0n) is 12.0. The van der Waals surface area contributed by atoms with Crippen LogP contribution in [-0.2, 0) is 6.54 Å². The summed E-state index contributed by atoms with van der Waals surface area (Å²) in [5.74, 6) is 0. The number of nitrogens with one attached hydrogen (secondary N) is 1. The van der Waals surface area contributed by atoms with E-state index >= 15 is 0 Å². The van der Waals surface area contributed by atoms with Crippen molar-refractivity contribution in [2.75, 3.05) is 13.2 Å². The van der Waals surface area contributed by atoms with E-state index in [0.29, 0.717) is 6.54 Å². The number of nitrogens with zero attached hydrogens (tertiary/aromatic N) is 1. The Labute approximate surface area is 133 Å². The Hall–Kier alpha value is -0.980. The van der Waals surface area contributed by atoms with Crippen LogP contribution in [0.3, 0.4) is 0 Å². The van der Waals surface area contributed by atoms with Crippen LogP contribution in [0, 0.1) is 15.5 Å². The predicted octanol–water partition coefficient (Wildman–Crippen LogP) is 3.39. The highest BCUT2D eigenvalue weighted by molar-refractivity contribution is 9.10. The maximum atomic E-state index is 10.7. The second-order valence-corrected chi connectivity index (χ2v) is 6.71. The number of benzene rings is 1. The molecule has 0 unspecified atom stereocenters. The van der Waals surface area contributed by atoms with E-state index in [9.17, 15) is 15.2 Å². The van der Waals surface area contributed by atoms with Gasteiger partial charge in [0.25, 0.3) is 5.69 Å². The summed E-state index contributed by atoms with van der Waals surface area (Å²) in [6.07, 6.45) is 5.76. The van der Waals surface area contributed by atoms with E-state index in [1.54, 1.807) is 6.07 Å². The third-order valence-electron chi connectivity index (χ3n) is 4.31. The largest absolute Gasteiger partial charge is 0.396 e. The molecule has 2 rings (SSSR count). The molecule has 0 spiro atoms. The average Bonchev–Trinajstić information content (AvgIpc) is 2.49. The molecule has 5 nitrogen and oxygen atoms in total. The molecule has 0 saturated heterocycles. The summed E-state index contributed by atoms with van der Waals surface area (Å²) in [5, 5.41) is 23.8. The summed E-state index contributed by atoms with van der Waals surface area (Å²) in [5.41, 5.74) is 1.08. The molecular formula is C15H21BrN2O3. The summed E-state index contributed by atoms with van der Waals surface area (Å²) in [6, 6.07) is 4.81. The summed E-state index contributed by atoms with van der Waals surface area (Å²) < 4.78 is 0.742. The van der Waals surface area contributed by atoms with Gasteiger partial charge in [-0.05, 0) is 24.5 Å². The zero-order chi connectivity index (χ0) is 15.3. The Kier molecular flexibility index (Phi) is 5.72. The Morgan fingerprint density at radius 3 is 2.62 bits per heavy atom. The monoisotopic (exact) mass is 356 g/mol. The lowest BCUT2D eigenvalue weighted by atomic mass is 9.74. The average molecular weight is 357 g/mol. The fourth-order valence-corrected chi connectivity index (χ4v) is 3.45. The van der Waals surface area contributed by atoms with Crippen LogP contribution in [0.5, 0.6) is 0 Å². The van der Waals surface area contributed by atoms with E-state index in [2.05, 4.69) is 21.2 Å². The van der Waals surface area contributed by atoms with E-state index in [4.69, 9.17) is 0 Å². The highest BCUT2D eigenvalue weighted by atomic mass is 79.9. The quantitative estimate of drug-likeness (QED) is 0.605. The van der Waals surface area contributed by atoms with Crippen molar-refractivity contribution in [2.45, 2.75) is 38.6 Å². The Morgan fingerprint density at radius 2 is 2.05 bits per heavy atom. The van der Waals surface area contributed by atoms with Crippen molar-refractivity contribution in [2.24, 2.45) is 5.41 Å². The number of hydrogen-bond acceptors (Lipinski definition) is 4. The minimum absolute atomic E-state index is 0.00546. The number of nitro groups is 1. The topological polar surface area (TPSA) is 75.4 Å². The van der Waals surface area contributed by atoms with Crippen molar-refractivity contribution in [1.29, 1.82) is 0 Å². The molecule has 0 atom stereocenters. The molecule has 6 heteroatoms. The van der Waals surface area contributed by atoms with Gasteiger partial charge in [0.15, 0.2) is 0 Å². The molecule has 0 bridgehead atoms. The van der Waals surface area contributed by atoms with Crippen LogP contribution in [0.1, 0.15) is 37.7 Å². The summed E-state index contributed by atoms with van der Waals surface area (Å²) in [6.45, 7) is 1.65. The molecule has 0 heterocycles. The number of aliphatic hydroxyl groups is 1. The Balaban J connectivity index is 1.92. The lowest BCUT2D eigenvalue weighted by Crippen LogP contribution is -2.38. The second kappa shape index (κ2) is 7.33. The van der Waals surface area contributed by atoms with Crippen LogP contribution < -0.4 is 5.32 Å². The fourth-order valence-electron chi connectivity index (χ4n) is 2.95. The van der Waals surface area contributed by atoms with Crippen molar-refractivity contribution in [3.05, 3.63) is 38.3 Å². The summed E-state index contributed by atoms with van der Waals surface area (Å²) in [7, 11) is 0. The van der Waals surface area contributed by atoms with Gasteiger partial charge in [-0.1, -0.05) is 35.2 Å². The zero-order valence-corrected chi connectivity index (χ0v) is 13.6. The van der Waals surface area contributed by atoms with Gasteiger partial charge >= 0.3 is 0 Å². The van der Waals surface area contributed by atoms with Gasteiger partial charge in [-0.25, -0.2) is 0 Å². The molecule has 21 heavy (non-hydrogen) atoms. The third kappa shape index (κ3) is 4.25. The molecule has 0 amide bonds. The fraction of sp³-hybridized carbons (Fsp3) is 0.600. The minimum Gasteiger partial charge on any atom is -0.396 e. The van der Waals surface area contributed by atoms with E-state index in [1.165, 1.54) is 31.4 Å². The van der Waals surface area contributed by atoms with Gasteiger partial charge < -0.3 is 10.4 Å². The summed E-state index contributed by atoms with van der Waals surface area (Å²) >= 11 is 3.38. The highest BCUT2D eigenvalue weighted by Crippen LogP contribution is 2.35. The molecular weight excluding hydrogens is 336 g/mol. The first-order chi connectivity index (χ1) is 10.1. The van der Waals surface area contributed by atoms with Crippen molar-refractivity contribution >= 4 is 21.6 Å².